The van der Waals surface area contributed by atoms with Crippen molar-refractivity contribution < 1.29 is 0 Å². The van der Waals surface area contributed by atoms with Gasteiger partial charge in [-0.1, -0.05) is 17.3 Å². The SMILES string of the molecule is CC(=Cc1cccnc1)C(C)N=O. The molecule has 0 fully saturated rings. The van der Waals surface area contributed by atoms with Crippen LogP contribution >= 0.6 is 0 Å². The first kappa shape index (κ1) is 9.58. The molecule has 0 N–H and O–H groups in total. The van der Waals surface area contributed by atoms with Crippen LogP contribution in [0.3, 0.4) is 0 Å². The molecule has 1 atom stereocenters. The molecule has 1 aromatic heterocycles. The molecule has 0 saturated heterocycles. The summed E-state index contributed by atoms with van der Waals surface area (Å²) in [6.07, 6.45) is 5.38. The van der Waals surface area contributed by atoms with Crippen LogP contribution in [0.1, 0.15) is 19.4 Å². The minimum Gasteiger partial charge on any atom is -0.264 e. The lowest BCUT2D eigenvalue weighted by Crippen LogP contribution is -1.97. The van der Waals surface area contributed by atoms with Crippen LogP contribution in [0.2, 0.25) is 0 Å². The van der Waals surface area contributed by atoms with Gasteiger partial charge >= 0.3 is 0 Å². The van der Waals surface area contributed by atoms with E-state index in [9.17, 15) is 4.91 Å². The fourth-order valence-corrected chi connectivity index (χ4v) is 0.928. The van der Waals surface area contributed by atoms with Crippen molar-refractivity contribution >= 4 is 6.08 Å². The summed E-state index contributed by atoms with van der Waals surface area (Å²) >= 11 is 0. The molecule has 0 saturated carbocycles. The van der Waals surface area contributed by atoms with Crippen molar-refractivity contribution in [1.29, 1.82) is 0 Å². The summed E-state index contributed by atoms with van der Waals surface area (Å²) in [6.45, 7) is 3.66. The molecule has 1 aromatic rings. The number of nitrogens with zero attached hydrogens (tertiary/aromatic N) is 2. The summed E-state index contributed by atoms with van der Waals surface area (Å²) in [5.41, 5.74) is 1.94. The average molecular weight is 176 g/mol. The highest BCUT2D eigenvalue weighted by molar-refractivity contribution is 5.52. The lowest BCUT2D eigenvalue weighted by Gasteiger charge is -2.01. The number of hydrogen-bond donors (Lipinski definition) is 0. The largest absolute Gasteiger partial charge is 0.264 e. The molecule has 3 heteroatoms. The van der Waals surface area contributed by atoms with Crippen LogP contribution in [0.25, 0.3) is 6.08 Å². The second-order valence-corrected chi connectivity index (χ2v) is 2.96. The molecule has 68 valence electrons. The van der Waals surface area contributed by atoms with E-state index < -0.39 is 0 Å². The smallest absolute Gasteiger partial charge is 0.110 e. The number of pyridine rings is 1. The van der Waals surface area contributed by atoms with Gasteiger partial charge in [-0.2, -0.15) is 4.91 Å². The Labute approximate surface area is 77.5 Å². The van der Waals surface area contributed by atoms with Crippen molar-refractivity contribution in [1.82, 2.24) is 4.98 Å². The highest BCUT2D eigenvalue weighted by Gasteiger charge is 2.02. The lowest BCUT2D eigenvalue weighted by molar-refractivity contribution is 0.860. The predicted octanol–water partition coefficient (Wildman–Crippen LogP) is 2.64. The monoisotopic (exact) mass is 176 g/mol. The molecule has 1 rings (SSSR count). The van der Waals surface area contributed by atoms with Crippen molar-refractivity contribution in [3.8, 4) is 0 Å². The van der Waals surface area contributed by atoms with Crippen molar-refractivity contribution in [2.24, 2.45) is 5.18 Å². The first-order valence-corrected chi connectivity index (χ1v) is 4.14. The first-order valence-electron chi connectivity index (χ1n) is 4.14. The number of aromatic nitrogens is 1. The summed E-state index contributed by atoms with van der Waals surface area (Å²) in [5.74, 6) is 0. The average Bonchev–Trinajstić information content (AvgIpc) is 2.18. The topological polar surface area (TPSA) is 42.3 Å². The van der Waals surface area contributed by atoms with Crippen LogP contribution in [0.5, 0.6) is 0 Å². The van der Waals surface area contributed by atoms with Gasteiger partial charge in [-0.25, -0.2) is 0 Å². The quantitative estimate of drug-likeness (QED) is 0.664. The zero-order valence-electron chi connectivity index (χ0n) is 7.77. The van der Waals surface area contributed by atoms with Gasteiger partial charge in [0, 0.05) is 12.4 Å². The third-order valence-corrected chi connectivity index (χ3v) is 1.90. The van der Waals surface area contributed by atoms with E-state index >= 15 is 0 Å². The summed E-state index contributed by atoms with van der Waals surface area (Å²) in [7, 11) is 0. The molecule has 0 aromatic carbocycles. The summed E-state index contributed by atoms with van der Waals surface area (Å²) < 4.78 is 0. The Kier molecular flexibility index (Phi) is 3.31. The van der Waals surface area contributed by atoms with Gasteiger partial charge in [0.15, 0.2) is 0 Å². The van der Waals surface area contributed by atoms with Crippen LogP contribution in [-0.4, -0.2) is 11.0 Å². The van der Waals surface area contributed by atoms with Crippen molar-refractivity contribution in [2.75, 3.05) is 0 Å². The van der Waals surface area contributed by atoms with Gasteiger partial charge < -0.3 is 0 Å². The molecular weight excluding hydrogens is 164 g/mol. The van der Waals surface area contributed by atoms with Gasteiger partial charge in [0.1, 0.15) is 6.04 Å². The van der Waals surface area contributed by atoms with Crippen molar-refractivity contribution in [3.63, 3.8) is 0 Å². The van der Waals surface area contributed by atoms with E-state index in [0.29, 0.717) is 0 Å². The fraction of sp³-hybridized carbons (Fsp3) is 0.300. The Hall–Kier alpha value is -1.51. The van der Waals surface area contributed by atoms with E-state index in [1.54, 1.807) is 19.3 Å². The Morgan fingerprint density at radius 3 is 3.00 bits per heavy atom. The van der Waals surface area contributed by atoms with E-state index in [1.807, 2.05) is 25.1 Å². The Balaban J connectivity index is 2.82. The molecule has 0 bridgehead atoms. The molecule has 0 spiro atoms. The summed E-state index contributed by atoms with van der Waals surface area (Å²) in [4.78, 5) is 14.2. The molecule has 0 aliphatic heterocycles. The Morgan fingerprint density at radius 2 is 2.46 bits per heavy atom. The van der Waals surface area contributed by atoms with Crippen LogP contribution in [-0.2, 0) is 0 Å². The maximum Gasteiger partial charge on any atom is 0.110 e. The highest BCUT2D eigenvalue weighted by Crippen LogP contribution is 2.10. The van der Waals surface area contributed by atoms with Gasteiger partial charge in [0.25, 0.3) is 0 Å². The number of rotatable bonds is 3. The predicted molar refractivity (Wildman–Crippen MR) is 53.1 cm³/mol. The third-order valence-electron chi connectivity index (χ3n) is 1.90. The maximum absolute atomic E-state index is 10.2. The molecule has 13 heavy (non-hydrogen) atoms. The number of hydrogen-bond acceptors (Lipinski definition) is 3. The molecule has 3 nitrogen and oxygen atoms in total. The Morgan fingerprint density at radius 1 is 1.69 bits per heavy atom. The minimum atomic E-state index is -0.264. The van der Waals surface area contributed by atoms with E-state index in [-0.39, 0.29) is 6.04 Å². The first-order chi connectivity index (χ1) is 6.24. The zero-order valence-corrected chi connectivity index (χ0v) is 7.77. The van der Waals surface area contributed by atoms with Gasteiger partial charge in [-0.3, -0.25) is 4.98 Å². The minimum absolute atomic E-state index is 0.264. The van der Waals surface area contributed by atoms with Gasteiger partial charge in [-0.15, -0.1) is 0 Å². The molecular formula is C10H12N2O. The molecule has 0 aliphatic carbocycles. The van der Waals surface area contributed by atoms with Crippen LogP contribution in [0.4, 0.5) is 0 Å². The van der Waals surface area contributed by atoms with Gasteiger partial charge in [0.2, 0.25) is 0 Å². The van der Waals surface area contributed by atoms with E-state index in [0.717, 1.165) is 11.1 Å². The van der Waals surface area contributed by atoms with Crippen molar-refractivity contribution in [3.05, 3.63) is 40.6 Å². The molecule has 0 radical (unpaired) electrons. The van der Waals surface area contributed by atoms with E-state index in [2.05, 4.69) is 10.2 Å². The second kappa shape index (κ2) is 4.50. The molecule has 0 aliphatic rings. The number of nitroso groups, excluding NO2 is 1. The normalized spacial score (nSPS) is 13.8. The standard InChI is InChI=1S/C10H12N2O/c1-8(9(2)12-13)6-10-4-3-5-11-7-10/h3-7,9H,1-2H3. The van der Waals surface area contributed by atoms with Crippen LogP contribution in [0.15, 0.2) is 35.3 Å². The van der Waals surface area contributed by atoms with E-state index in [4.69, 9.17) is 0 Å². The zero-order chi connectivity index (χ0) is 9.68. The summed E-state index contributed by atoms with van der Waals surface area (Å²) in [5, 5.41) is 2.95. The third kappa shape index (κ3) is 2.78. The highest BCUT2D eigenvalue weighted by atomic mass is 16.3. The van der Waals surface area contributed by atoms with Crippen LogP contribution in [0, 0.1) is 4.91 Å². The molecule has 1 unspecified atom stereocenters. The second-order valence-electron chi connectivity index (χ2n) is 2.96. The van der Waals surface area contributed by atoms with E-state index in [1.165, 1.54) is 0 Å². The lowest BCUT2D eigenvalue weighted by atomic mass is 10.1. The molecule has 0 amide bonds. The Bertz CT molecular complexity index is 306. The van der Waals surface area contributed by atoms with Crippen molar-refractivity contribution in [2.45, 2.75) is 19.9 Å². The summed E-state index contributed by atoms with van der Waals surface area (Å²) in [6, 6.07) is 3.53. The molecule has 1 heterocycles. The van der Waals surface area contributed by atoms with Gasteiger partial charge in [0.05, 0.1) is 0 Å². The maximum atomic E-state index is 10.2. The van der Waals surface area contributed by atoms with Crippen LogP contribution < -0.4 is 0 Å². The van der Waals surface area contributed by atoms with Gasteiger partial charge in [-0.05, 0) is 31.1 Å². The fourth-order valence-electron chi connectivity index (χ4n) is 0.928.